The number of likely N-dealkylation sites (tertiary alicyclic amines) is 1. The highest BCUT2D eigenvalue weighted by Crippen LogP contribution is 2.35. The second-order valence-electron chi connectivity index (χ2n) is 9.30. The van der Waals surface area contributed by atoms with Crippen molar-refractivity contribution in [3.8, 4) is 0 Å². The Morgan fingerprint density at radius 2 is 1.84 bits per heavy atom. The van der Waals surface area contributed by atoms with Gasteiger partial charge in [0, 0.05) is 20.0 Å². The number of hydrogen-bond acceptors (Lipinski definition) is 6. The molecule has 9 heteroatoms. The molecular weight excluding hydrogens is 398 g/mol. The summed E-state index contributed by atoms with van der Waals surface area (Å²) in [7, 11) is 1.51. The third-order valence-electron chi connectivity index (χ3n) is 5.77. The molecule has 2 amide bonds. The van der Waals surface area contributed by atoms with Gasteiger partial charge in [-0.1, -0.05) is 56.3 Å². The Kier molecular flexibility index (Phi) is 6.20. The number of likely N-dealkylation sites (N-methyl/N-ethyl adjacent to an activating group) is 1. The fraction of sp³-hybridized carbons (Fsp3) is 0.545. The van der Waals surface area contributed by atoms with Gasteiger partial charge in [-0.15, -0.1) is 5.10 Å². The first-order chi connectivity index (χ1) is 14.5. The van der Waals surface area contributed by atoms with E-state index in [0.29, 0.717) is 11.3 Å². The van der Waals surface area contributed by atoms with Gasteiger partial charge in [0.1, 0.15) is 23.4 Å². The molecule has 2 heterocycles. The molecule has 2 aromatic rings. The van der Waals surface area contributed by atoms with E-state index in [-0.39, 0.29) is 24.8 Å². The Balaban J connectivity index is 1.96. The van der Waals surface area contributed by atoms with Crippen molar-refractivity contribution in [2.75, 3.05) is 13.6 Å². The van der Waals surface area contributed by atoms with Gasteiger partial charge in [0.2, 0.25) is 11.8 Å². The molecule has 3 N–H and O–H groups in total. The molecule has 0 bridgehead atoms. The summed E-state index contributed by atoms with van der Waals surface area (Å²) >= 11 is 0. The van der Waals surface area contributed by atoms with Crippen LogP contribution in [0.1, 0.15) is 51.4 Å². The van der Waals surface area contributed by atoms with Crippen LogP contribution in [0.5, 0.6) is 0 Å². The Hall–Kier alpha value is -2.78. The van der Waals surface area contributed by atoms with E-state index < -0.39 is 29.2 Å². The number of carbonyl (C=O) groups excluding carboxylic acids is 2. The number of aliphatic hydroxyl groups excluding tert-OH is 1. The maximum absolute atomic E-state index is 13.6. The summed E-state index contributed by atoms with van der Waals surface area (Å²) in [5.74, 6) is -0.641. The van der Waals surface area contributed by atoms with Crippen LogP contribution >= 0.6 is 0 Å². The molecular formula is C22H31N5O4. The van der Waals surface area contributed by atoms with Crippen LogP contribution in [0.4, 0.5) is 0 Å². The van der Waals surface area contributed by atoms with E-state index in [2.05, 4.69) is 15.6 Å². The number of benzene rings is 1. The molecule has 1 aliphatic heterocycles. The van der Waals surface area contributed by atoms with E-state index in [1.807, 2.05) is 39.0 Å². The zero-order chi connectivity index (χ0) is 23.0. The standard InChI is InChI=1S/C22H31N5O4/c1-21(2,3)18(20(30)26-12-15(28)11-16(26)19(29)23-5)27-13-17(24-25-27)22(4,31)14-9-7-6-8-10-14/h6-10,13,15-16,18,28,31H,11-12H2,1-5H3,(H,23,29)/t15-,16+,18+,22?/m0/s1. The van der Waals surface area contributed by atoms with Crippen LogP contribution in [0.25, 0.3) is 0 Å². The molecule has 0 radical (unpaired) electrons. The average molecular weight is 430 g/mol. The van der Waals surface area contributed by atoms with Crippen LogP contribution in [0.2, 0.25) is 0 Å². The summed E-state index contributed by atoms with van der Waals surface area (Å²) in [5, 5.41) is 32.1. The van der Waals surface area contributed by atoms with Crippen molar-refractivity contribution in [2.45, 2.75) is 57.9 Å². The van der Waals surface area contributed by atoms with Gasteiger partial charge in [0.25, 0.3) is 0 Å². The van der Waals surface area contributed by atoms with Crippen molar-refractivity contribution in [3.05, 3.63) is 47.8 Å². The second-order valence-corrected chi connectivity index (χ2v) is 9.30. The molecule has 1 aliphatic rings. The first-order valence-electron chi connectivity index (χ1n) is 10.4. The van der Waals surface area contributed by atoms with Crippen molar-refractivity contribution in [2.24, 2.45) is 5.41 Å². The maximum Gasteiger partial charge on any atom is 0.248 e. The highest BCUT2D eigenvalue weighted by Gasteiger charge is 2.45. The molecule has 0 spiro atoms. The lowest BCUT2D eigenvalue weighted by Crippen LogP contribution is -2.49. The van der Waals surface area contributed by atoms with Crippen LogP contribution in [-0.2, 0) is 15.2 Å². The molecule has 1 unspecified atom stereocenters. The SMILES string of the molecule is CNC(=O)[C@H]1C[C@H](O)CN1C(=O)[C@@H](n1cc(C(C)(O)c2ccccc2)nn1)C(C)(C)C. The average Bonchev–Trinajstić information content (AvgIpc) is 3.34. The van der Waals surface area contributed by atoms with Gasteiger partial charge in [-0.2, -0.15) is 0 Å². The highest BCUT2D eigenvalue weighted by atomic mass is 16.3. The number of aliphatic hydroxyl groups is 2. The van der Waals surface area contributed by atoms with Gasteiger partial charge < -0.3 is 20.4 Å². The van der Waals surface area contributed by atoms with Gasteiger partial charge in [-0.25, -0.2) is 4.68 Å². The zero-order valence-electron chi connectivity index (χ0n) is 18.6. The van der Waals surface area contributed by atoms with Gasteiger partial charge in [0.05, 0.1) is 12.3 Å². The van der Waals surface area contributed by atoms with Crippen molar-refractivity contribution < 1.29 is 19.8 Å². The lowest BCUT2D eigenvalue weighted by Gasteiger charge is -2.34. The molecule has 3 rings (SSSR count). The van der Waals surface area contributed by atoms with Crippen LogP contribution in [-0.4, -0.2) is 67.7 Å². The van der Waals surface area contributed by atoms with Crippen molar-refractivity contribution >= 4 is 11.8 Å². The smallest absolute Gasteiger partial charge is 0.248 e. The molecule has 0 saturated carbocycles. The normalized spacial score (nSPS) is 22.1. The molecule has 1 aromatic heterocycles. The molecule has 168 valence electrons. The number of β-amino-alcohol motifs (C(OH)–C–C–N with tert-alkyl or cyclic N) is 1. The molecule has 31 heavy (non-hydrogen) atoms. The highest BCUT2D eigenvalue weighted by molar-refractivity contribution is 5.90. The number of aromatic nitrogens is 3. The van der Waals surface area contributed by atoms with Gasteiger partial charge in [-0.3, -0.25) is 9.59 Å². The van der Waals surface area contributed by atoms with E-state index >= 15 is 0 Å². The summed E-state index contributed by atoms with van der Waals surface area (Å²) in [6.45, 7) is 7.39. The quantitative estimate of drug-likeness (QED) is 0.647. The van der Waals surface area contributed by atoms with Gasteiger partial charge in [0.15, 0.2) is 0 Å². The fourth-order valence-electron chi connectivity index (χ4n) is 4.05. The second kappa shape index (κ2) is 8.39. The Bertz CT molecular complexity index is 935. The molecule has 0 aliphatic carbocycles. The predicted octanol–water partition coefficient (Wildman–Crippen LogP) is 0.829. The topological polar surface area (TPSA) is 121 Å². The minimum Gasteiger partial charge on any atom is -0.391 e. The Labute approximate surface area is 182 Å². The lowest BCUT2D eigenvalue weighted by molar-refractivity contribution is -0.144. The fourth-order valence-corrected chi connectivity index (χ4v) is 4.05. The molecule has 1 saturated heterocycles. The van der Waals surface area contributed by atoms with Crippen LogP contribution in [0, 0.1) is 5.41 Å². The monoisotopic (exact) mass is 429 g/mol. The minimum atomic E-state index is -1.39. The van der Waals surface area contributed by atoms with Gasteiger partial charge in [-0.05, 0) is 17.9 Å². The summed E-state index contributed by atoms with van der Waals surface area (Å²) in [6, 6.07) is 7.58. The largest absolute Gasteiger partial charge is 0.391 e. The van der Waals surface area contributed by atoms with Crippen LogP contribution in [0.3, 0.4) is 0 Å². The van der Waals surface area contributed by atoms with E-state index in [4.69, 9.17) is 0 Å². The first-order valence-corrected chi connectivity index (χ1v) is 10.4. The van der Waals surface area contributed by atoms with Crippen LogP contribution < -0.4 is 5.32 Å². The molecule has 9 nitrogen and oxygen atoms in total. The van der Waals surface area contributed by atoms with Crippen molar-refractivity contribution in [1.29, 1.82) is 0 Å². The number of hydrogen-bond donors (Lipinski definition) is 3. The number of carbonyl (C=O) groups is 2. The first kappa shape index (κ1) is 22.9. The summed E-state index contributed by atoms with van der Waals surface area (Å²) in [5.41, 5.74) is -0.992. The van der Waals surface area contributed by atoms with E-state index in [1.54, 1.807) is 25.3 Å². The Morgan fingerprint density at radius 3 is 2.42 bits per heavy atom. The predicted molar refractivity (Wildman–Crippen MR) is 114 cm³/mol. The van der Waals surface area contributed by atoms with E-state index in [9.17, 15) is 19.8 Å². The van der Waals surface area contributed by atoms with E-state index in [0.717, 1.165) is 0 Å². The number of amides is 2. The van der Waals surface area contributed by atoms with E-state index in [1.165, 1.54) is 16.6 Å². The summed E-state index contributed by atoms with van der Waals surface area (Å²) in [4.78, 5) is 27.3. The molecule has 1 fully saturated rings. The van der Waals surface area contributed by atoms with Crippen LogP contribution in [0.15, 0.2) is 36.5 Å². The van der Waals surface area contributed by atoms with Crippen molar-refractivity contribution in [3.63, 3.8) is 0 Å². The molecule has 1 aromatic carbocycles. The minimum absolute atomic E-state index is 0.0762. The maximum atomic E-state index is 13.6. The Morgan fingerprint density at radius 1 is 1.19 bits per heavy atom. The lowest BCUT2D eigenvalue weighted by atomic mass is 9.85. The van der Waals surface area contributed by atoms with Gasteiger partial charge >= 0.3 is 0 Å². The third-order valence-corrected chi connectivity index (χ3v) is 5.77. The summed E-state index contributed by atoms with van der Waals surface area (Å²) < 4.78 is 1.45. The zero-order valence-corrected chi connectivity index (χ0v) is 18.6. The number of nitrogens with one attached hydrogen (secondary N) is 1. The van der Waals surface area contributed by atoms with Crippen molar-refractivity contribution in [1.82, 2.24) is 25.2 Å². The third kappa shape index (κ3) is 4.47. The summed E-state index contributed by atoms with van der Waals surface area (Å²) in [6.07, 6.45) is 0.993. The number of nitrogens with zero attached hydrogens (tertiary/aromatic N) is 4. The molecule has 4 atom stereocenters. The number of rotatable bonds is 5.